The fraction of sp³-hybridized carbons (Fsp3) is 0.0667. The highest BCUT2D eigenvalue weighted by Crippen LogP contribution is 2.41. The Hall–Kier alpha value is -4.02. The molecule has 162 valence electrons. The first-order valence-corrected chi connectivity index (χ1v) is 12.3. The summed E-state index contributed by atoms with van der Waals surface area (Å²) in [5, 5.41) is 14.1. The topological polar surface area (TPSA) is 30.2 Å². The van der Waals surface area contributed by atoms with Crippen molar-refractivity contribution in [1.29, 1.82) is 0 Å². The van der Waals surface area contributed by atoms with Crippen molar-refractivity contribution in [2.24, 2.45) is 0 Å². The molecule has 0 aliphatic carbocycles. The highest BCUT2D eigenvalue weighted by atomic mass is 32.1. The highest BCUT2D eigenvalue weighted by Gasteiger charge is 2.17. The maximum absolute atomic E-state index is 4.61. The SMILES string of the molecule is Cc1cc(-c2nnc3c4ccccc4ccn23)c(C)cc1-c1cccc2c1sc1ccccc12. The van der Waals surface area contributed by atoms with Gasteiger partial charge in [0.25, 0.3) is 0 Å². The third-order valence-electron chi connectivity index (χ3n) is 6.81. The summed E-state index contributed by atoms with van der Waals surface area (Å²) in [6, 6.07) is 30.4. The molecule has 0 atom stereocenters. The average Bonchev–Trinajstić information content (AvgIpc) is 3.47. The van der Waals surface area contributed by atoms with E-state index < -0.39 is 0 Å². The van der Waals surface area contributed by atoms with Gasteiger partial charge in [-0.3, -0.25) is 4.40 Å². The summed E-state index contributed by atoms with van der Waals surface area (Å²) in [6.07, 6.45) is 2.08. The van der Waals surface area contributed by atoms with E-state index >= 15 is 0 Å². The molecule has 0 unspecified atom stereocenters. The molecule has 4 aromatic carbocycles. The molecule has 0 saturated carbocycles. The molecular formula is C30H21N3S. The van der Waals surface area contributed by atoms with Crippen LogP contribution >= 0.6 is 11.3 Å². The number of thiophene rings is 1. The van der Waals surface area contributed by atoms with Crippen LogP contribution in [-0.4, -0.2) is 14.6 Å². The van der Waals surface area contributed by atoms with Gasteiger partial charge < -0.3 is 0 Å². The normalized spacial score (nSPS) is 11.8. The number of nitrogens with zero attached hydrogens (tertiary/aromatic N) is 3. The van der Waals surface area contributed by atoms with Gasteiger partial charge >= 0.3 is 0 Å². The molecule has 0 bridgehead atoms. The molecule has 0 spiro atoms. The molecule has 0 saturated heterocycles. The van der Waals surface area contributed by atoms with Crippen LogP contribution in [0.3, 0.4) is 0 Å². The Labute approximate surface area is 200 Å². The van der Waals surface area contributed by atoms with Crippen LogP contribution < -0.4 is 0 Å². The molecule has 0 fully saturated rings. The molecule has 0 radical (unpaired) electrons. The maximum Gasteiger partial charge on any atom is 0.168 e. The van der Waals surface area contributed by atoms with Gasteiger partial charge in [0.05, 0.1) is 0 Å². The van der Waals surface area contributed by atoms with Crippen LogP contribution in [0.5, 0.6) is 0 Å². The maximum atomic E-state index is 4.61. The van der Waals surface area contributed by atoms with Gasteiger partial charge in [-0.05, 0) is 59.7 Å². The fourth-order valence-corrected chi connectivity index (χ4v) is 6.34. The van der Waals surface area contributed by atoms with Crippen molar-refractivity contribution in [2.75, 3.05) is 0 Å². The van der Waals surface area contributed by atoms with E-state index in [1.54, 1.807) is 0 Å². The third kappa shape index (κ3) is 2.76. The zero-order valence-corrected chi connectivity index (χ0v) is 19.7. The summed E-state index contributed by atoms with van der Waals surface area (Å²) in [5.74, 6) is 0.882. The van der Waals surface area contributed by atoms with Crippen LogP contribution in [0.2, 0.25) is 0 Å². The fourth-order valence-electron chi connectivity index (χ4n) is 5.11. The second-order valence-electron chi connectivity index (χ2n) is 8.88. The molecule has 7 aromatic rings. The summed E-state index contributed by atoms with van der Waals surface area (Å²) < 4.78 is 4.78. The number of hydrogen-bond acceptors (Lipinski definition) is 3. The van der Waals surface area contributed by atoms with E-state index in [1.165, 1.54) is 47.8 Å². The van der Waals surface area contributed by atoms with Crippen molar-refractivity contribution in [1.82, 2.24) is 14.6 Å². The Bertz CT molecular complexity index is 1890. The summed E-state index contributed by atoms with van der Waals surface area (Å²) in [7, 11) is 0. The predicted octanol–water partition coefficient (Wildman–Crippen LogP) is 8.20. The largest absolute Gasteiger partial charge is 0.282 e. The predicted molar refractivity (Wildman–Crippen MR) is 144 cm³/mol. The second-order valence-corrected chi connectivity index (χ2v) is 9.93. The zero-order valence-electron chi connectivity index (χ0n) is 18.9. The minimum Gasteiger partial charge on any atom is -0.282 e. The summed E-state index contributed by atoms with van der Waals surface area (Å²) in [6.45, 7) is 4.37. The minimum atomic E-state index is 0.882. The first kappa shape index (κ1) is 19.4. The van der Waals surface area contributed by atoms with Gasteiger partial charge in [-0.15, -0.1) is 21.5 Å². The lowest BCUT2D eigenvalue weighted by molar-refractivity contribution is 1.10. The number of aromatic nitrogens is 3. The summed E-state index contributed by atoms with van der Waals surface area (Å²) in [4.78, 5) is 0. The van der Waals surface area contributed by atoms with Crippen LogP contribution in [0.4, 0.5) is 0 Å². The van der Waals surface area contributed by atoms with Crippen molar-refractivity contribution in [3.63, 3.8) is 0 Å². The van der Waals surface area contributed by atoms with Gasteiger partial charge in [0.2, 0.25) is 0 Å². The van der Waals surface area contributed by atoms with Gasteiger partial charge in [-0.2, -0.15) is 0 Å². The number of benzene rings is 4. The van der Waals surface area contributed by atoms with Gasteiger partial charge in [0.15, 0.2) is 11.5 Å². The number of rotatable bonds is 2. The minimum absolute atomic E-state index is 0.882. The highest BCUT2D eigenvalue weighted by molar-refractivity contribution is 7.26. The van der Waals surface area contributed by atoms with E-state index in [4.69, 9.17) is 0 Å². The third-order valence-corrected chi connectivity index (χ3v) is 8.03. The van der Waals surface area contributed by atoms with Gasteiger partial charge in [-0.1, -0.05) is 66.7 Å². The van der Waals surface area contributed by atoms with Gasteiger partial charge in [0.1, 0.15) is 0 Å². The number of fused-ring (bicyclic) bond motifs is 6. The van der Waals surface area contributed by atoms with Crippen molar-refractivity contribution < 1.29 is 0 Å². The Balaban J connectivity index is 1.43. The lowest BCUT2D eigenvalue weighted by Crippen LogP contribution is -1.95. The van der Waals surface area contributed by atoms with Gasteiger partial charge in [0, 0.05) is 37.3 Å². The monoisotopic (exact) mass is 455 g/mol. The molecule has 0 amide bonds. The number of pyridine rings is 1. The second kappa shape index (κ2) is 7.24. The molecule has 34 heavy (non-hydrogen) atoms. The van der Waals surface area contributed by atoms with Crippen LogP contribution in [-0.2, 0) is 0 Å². The van der Waals surface area contributed by atoms with Crippen LogP contribution in [0, 0.1) is 13.8 Å². The molecule has 4 heteroatoms. The molecule has 0 N–H and O–H groups in total. The number of hydrogen-bond donors (Lipinski definition) is 0. The molecule has 0 aliphatic heterocycles. The standard InChI is InChI=1S/C30H21N3S/c1-18-17-26(30-32-31-29-21-9-4-3-8-20(21)14-15-33(29)30)19(2)16-25(18)24-12-7-11-23-22-10-5-6-13-27(22)34-28(23)24/h3-17H,1-2H3. The van der Waals surface area contributed by atoms with Crippen LogP contribution in [0.15, 0.2) is 91.1 Å². The van der Waals surface area contributed by atoms with E-state index in [2.05, 4.69) is 120 Å². The Morgan fingerprint density at radius 3 is 2.29 bits per heavy atom. The van der Waals surface area contributed by atoms with E-state index in [0.717, 1.165) is 22.4 Å². The molecule has 3 heterocycles. The summed E-state index contributed by atoms with van der Waals surface area (Å²) in [5.41, 5.74) is 7.02. The van der Waals surface area contributed by atoms with Crippen LogP contribution in [0.1, 0.15) is 11.1 Å². The van der Waals surface area contributed by atoms with Crippen LogP contribution in [0.25, 0.3) is 59.1 Å². The summed E-state index contributed by atoms with van der Waals surface area (Å²) >= 11 is 1.88. The van der Waals surface area contributed by atoms with Crippen molar-refractivity contribution in [3.8, 4) is 22.5 Å². The molecule has 7 rings (SSSR count). The molecule has 3 nitrogen and oxygen atoms in total. The molecular weight excluding hydrogens is 434 g/mol. The lowest BCUT2D eigenvalue weighted by atomic mass is 9.94. The van der Waals surface area contributed by atoms with E-state index in [0.29, 0.717) is 0 Å². The molecule has 3 aromatic heterocycles. The first-order valence-electron chi connectivity index (χ1n) is 11.4. The number of aryl methyl sites for hydroxylation is 2. The quantitative estimate of drug-likeness (QED) is 0.263. The van der Waals surface area contributed by atoms with Crippen molar-refractivity contribution in [2.45, 2.75) is 13.8 Å². The van der Waals surface area contributed by atoms with Crippen molar-refractivity contribution >= 4 is 47.9 Å². The van der Waals surface area contributed by atoms with E-state index in [1.807, 2.05) is 11.3 Å². The average molecular weight is 456 g/mol. The Morgan fingerprint density at radius 1 is 0.647 bits per heavy atom. The smallest absolute Gasteiger partial charge is 0.168 e. The zero-order chi connectivity index (χ0) is 22.8. The Morgan fingerprint density at radius 2 is 1.38 bits per heavy atom. The van der Waals surface area contributed by atoms with E-state index in [-0.39, 0.29) is 0 Å². The molecule has 0 aliphatic rings. The first-order chi connectivity index (χ1) is 16.7. The van der Waals surface area contributed by atoms with Gasteiger partial charge in [-0.25, -0.2) is 0 Å². The van der Waals surface area contributed by atoms with Crippen molar-refractivity contribution in [3.05, 3.63) is 102 Å². The lowest BCUT2D eigenvalue weighted by Gasteiger charge is -2.13. The van der Waals surface area contributed by atoms with E-state index in [9.17, 15) is 0 Å². The Kier molecular flexibility index (Phi) is 4.14.